The summed E-state index contributed by atoms with van der Waals surface area (Å²) in [4.78, 5) is 0. The van der Waals surface area contributed by atoms with E-state index in [0.717, 1.165) is 6.42 Å². The molecular weight excluding hydrogens is 216 g/mol. The van der Waals surface area contributed by atoms with Crippen molar-refractivity contribution in [2.45, 2.75) is 39.5 Å². The predicted molar refractivity (Wildman–Crippen MR) is 81.8 cm³/mol. The Balaban J connectivity index is 3.14. The summed E-state index contributed by atoms with van der Waals surface area (Å²) < 4.78 is 0. The van der Waals surface area contributed by atoms with Crippen molar-refractivity contribution >= 4 is 0 Å². The molecule has 0 amide bonds. The zero-order chi connectivity index (χ0) is 13.4. The fraction of sp³-hybridized carbons (Fsp3) is 0.333. The molecule has 1 atom stereocenters. The van der Waals surface area contributed by atoms with Crippen LogP contribution in [0.1, 0.15) is 39.7 Å². The lowest BCUT2D eigenvalue weighted by Gasteiger charge is -2.30. The normalized spacial score (nSPS) is 16.3. The van der Waals surface area contributed by atoms with Crippen molar-refractivity contribution < 1.29 is 0 Å². The zero-order valence-electron chi connectivity index (χ0n) is 12.0. The van der Waals surface area contributed by atoms with E-state index in [4.69, 9.17) is 0 Å². The number of hydrogen-bond donors (Lipinski definition) is 0. The molecule has 0 spiro atoms. The van der Waals surface area contributed by atoms with Gasteiger partial charge in [0.05, 0.1) is 0 Å². The first-order valence-corrected chi connectivity index (χ1v) is 6.70. The summed E-state index contributed by atoms with van der Waals surface area (Å²) in [7, 11) is 0. The number of allylic oxidation sites excluding steroid dienone is 6. The average Bonchev–Trinajstić information content (AvgIpc) is 2.44. The van der Waals surface area contributed by atoms with Gasteiger partial charge in [-0.2, -0.15) is 0 Å². The van der Waals surface area contributed by atoms with Crippen LogP contribution < -0.4 is 0 Å². The van der Waals surface area contributed by atoms with Crippen LogP contribution in [0.4, 0.5) is 0 Å². The molecule has 0 aliphatic carbocycles. The molecule has 1 aromatic carbocycles. The van der Waals surface area contributed by atoms with E-state index in [1.165, 1.54) is 11.1 Å². The molecule has 0 saturated carbocycles. The first kappa shape index (κ1) is 14.5. The average molecular weight is 240 g/mol. The molecule has 1 rings (SSSR count). The molecule has 0 N–H and O–H groups in total. The van der Waals surface area contributed by atoms with Crippen molar-refractivity contribution in [3.05, 3.63) is 71.8 Å². The van der Waals surface area contributed by atoms with E-state index in [9.17, 15) is 0 Å². The van der Waals surface area contributed by atoms with Gasteiger partial charge in [0.15, 0.2) is 0 Å². The van der Waals surface area contributed by atoms with Crippen LogP contribution in [-0.4, -0.2) is 0 Å². The summed E-state index contributed by atoms with van der Waals surface area (Å²) in [6.45, 7) is 8.72. The van der Waals surface area contributed by atoms with Gasteiger partial charge in [-0.15, -0.1) is 0 Å². The van der Waals surface area contributed by atoms with Crippen molar-refractivity contribution in [3.63, 3.8) is 0 Å². The van der Waals surface area contributed by atoms with E-state index < -0.39 is 0 Å². The van der Waals surface area contributed by atoms with Gasteiger partial charge >= 0.3 is 0 Å². The van der Waals surface area contributed by atoms with Crippen LogP contribution in [0.3, 0.4) is 0 Å². The van der Waals surface area contributed by atoms with Gasteiger partial charge in [0, 0.05) is 5.41 Å². The fourth-order valence-corrected chi connectivity index (χ4v) is 2.25. The number of rotatable bonds is 5. The van der Waals surface area contributed by atoms with Crippen LogP contribution in [0, 0.1) is 0 Å². The number of hydrogen-bond acceptors (Lipinski definition) is 0. The van der Waals surface area contributed by atoms with Crippen LogP contribution in [0.2, 0.25) is 0 Å². The summed E-state index contributed by atoms with van der Waals surface area (Å²) in [5, 5.41) is 0. The van der Waals surface area contributed by atoms with Gasteiger partial charge in [-0.3, -0.25) is 0 Å². The van der Waals surface area contributed by atoms with Gasteiger partial charge in [0.2, 0.25) is 0 Å². The molecule has 0 aliphatic heterocycles. The third-order valence-electron chi connectivity index (χ3n) is 3.65. The molecule has 0 saturated heterocycles. The van der Waals surface area contributed by atoms with Crippen LogP contribution in [0.25, 0.3) is 0 Å². The third kappa shape index (κ3) is 3.22. The molecule has 0 aromatic heterocycles. The van der Waals surface area contributed by atoms with Crippen molar-refractivity contribution in [1.29, 1.82) is 0 Å². The summed E-state index contributed by atoms with van der Waals surface area (Å²) in [6, 6.07) is 10.7. The second-order valence-corrected chi connectivity index (χ2v) is 4.68. The molecule has 0 radical (unpaired) electrons. The molecule has 0 aliphatic rings. The Morgan fingerprint density at radius 2 is 1.78 bits per heavy atom. The highest BCUT2D eigenvalue weighted by molar-refractivity contribution is 5.41. The Morgan fingerprint density at radius 1 is 1.11 bits per heavy atom. The molecule has 18 heavy (non-hydrogen) atoms. The molecule has 0 nitrogen and oxygen atoms in total. The van der Waals surface area contributed by atoms with Crippen molar-refractivity contribution in [1.82, 2.24) is 0 Å². The van der Waals surface area contributed by atoms with Crippen molar-refractivity contribution in [3.8, 4) is 0 Å². The van der Waals surface area contributed by atoms with E-state index >= 15 is 0 Å². The molecular formula is C18H24. The molecule has 96 valence electrons. The van der Waals surface area contributed by atoms with Gasteiger partial charge in [0.1, 0.15) is 0 Å². The van der Waals surface area contributed by atoms with Crippen LogP contribution in [0.15, 0.2) is 66.3 Å². The highest BCUT2D eigenvalue weighted by Crippen LogP contribution is 2.35. The van der Waals surface area contributed by atoms with Crippen molar-refractivity contribution in [2.24, 2.45) is 0 Å². The van der Waals surface area contributed by atoms with E-state index in [0.29, 0.717) is 0 Å². The molecule has 1 unspecified atom stereocenters. The monoisotopic (exact) mass is 240 g/mol. The minimum Gasteiger partial charge on any atom is -0.0877 e. The third-order valence-corrected chi connectivity index (χ3v) is 3.65. The van der Waals surface area contributed by atoms with E-state index in [2.05, 4.69) is 81.5 Å². The second-order valence-electron chi connectivity index (χ2n) is 4.68. The second kappa shape index (κ2) is 7.00. The molecule has 0 bridgehead atoms. The first-order valence-electron chi connectivity index (χ1n) is 6.70. The summed E-state index contributed by atoms with van der Waals surface area (Å²) in [6.07, 6.45) is 11.8. The van der Waals surface area contributed by atoms with E-state index in [1.54, 1.807) is 0 Å². The Morgan fingerprint density at radius 3 is 2.28 bits per heavy atom. The lowest BCUT2D eigenvalue weighted by molar-refractivity contribution is 0.547. The lowest BCUT2D eigenvalue weighted by atomic mass is 9.73. The van der Waals surface area contributed by atoms with Gasteiger partial charge < -0.3 is 0 Å². The summed E-state index contributed by atoms with van der Waals surface area (Å²) >= 11 is 0. The molecule has 1 aromatic rings. The molecule has 0 heteroatoms. The first-order chi connectivity index (χ1) is 8.69. The van der Waals surface area contributed by atoms with Gasteiger partial charge in [-0.05, 0) is 31.4 Å². The maximum absolute atomic E-state index is 2.32. The fourth-order valence-electron chi connectivity index (χ4n) is 2.25. The molecule has 0 fully saturated rings. The minimum atomic E-state index is 0.0914. The largest absolute Gasteiger partial charge is 0.0877 e. The predicted octanol–water partition coefficient (Wildman–Crippen LogP) is 5.43. The Bertz CT molecular complexity index is 434. The van der Waals surface area contributed by atoms with Gasteiger partial charge in [0.25, 0.3) is 0 Å². The minimum absolute atomic E-state index is 0.0914. The molecule has 0 heterocycles. The standard InChI is InChI=1S/C18H24/c1-5-8-10-13-16(6-2)18(4,7-3)17-14-11-9-12-15-17/h5-6,8-15H,7H2,1-4H3/b8-5-,13-10-,16-6+. The summed E-state index contributed by atoms with van der Waals surface area (Å²) in [5.41, 5.74) is 2.84. The Labute approximate surface area is 112 Å². The topological polar surface area (TPSA) is 0 Å². The quantitative estimate of drug-likeness (QED) is 0.602. The van der Waals surface area contributed by atoms with Gasteiger partial charge in [-0.25, -0.2) is 0 Å². The van der Waals surface area contributed by atoms with Gasteiger partial charge in [-0.1, -0.05) is 74.6 Å². The SMILES string of the molecule is C\C=C/C=C\C(=C/C)C(C)(CC)c1ccccc1. The zero-order valence-corrected chi connectivity index (χ0v) is 12.0. The maximum Gasteiger partial charge on any atom is 0.0168 e. The van der Waals surface area contributed by atoms with E-state index in [1.807, 2.05) is 6.92 Å². The Hall–Kier alpha value is -1.56. The highest BCUT2D eigenvalue weighted by Gasteiger charge is 2.26. The van der Waals surface area contributed by atoms with Crippen molar-refractivity contribution in [2.75, 3.05) is 0 Å². The maximum atomic E-state index is 2.32. The lowest BCUT2D eigenvalue weighted by Crippen LogP contribution is -2.22. The van der Waals surface area contributed by atoms with Crippen LogP contribution in [-0.2, 0) is 5.41 Å². The van der Waals surface area contributed by atoms with Crippen LogP contribution >= 0.6 is 0 Å². The van der Waals surface area contributed by atoms with Crippen LogP contribution in [0.5, 0.6) is 0 Å². The highest BCUT2D eigenvalue weighted by atomic mass is 14.3. The van der Waals surface area contributed by atoms with E-state index in [-0.39, 0.29) is 5.41 Å². The Kier molecular flexibility index (Phi) is 5.64. The smallest absolute Gasteiger partial charge is 0.0168 e. The summed E-state index contributed by atoms with van der Waals surface area (Å²) in [5.74, 6) is 0. The number of benzene rings is 1.